The number of hydrogen-bond donors (Lipinski definition) is 1. The molecule has 0 spiro atoms. The van der Waals surface area contributed by atoms with Gasteiger partial charge >= 0.3 is 24.2 Å². The third kappa shape index (κ3) is 5.01. The number of primary amides is 1. The van der Waals surface area contributed by atoms with E-state index >= 15 is 0 Å². The highest BCUT2D eigenvalue weighted by molar-refractivity contribution is 5.89. The van der Waals surface area contributed by atoms with Gasteiger partial charge in [0.05, 0.1) is 17.9 Å². The quantitative estimate of drug-likeness (QED) is 0.383. The van der Waals surface area contributed by atoms with Crippen molar-refractivity contribution < 1.29 is 49.0 Å². The van der Waals surface area contributed by atoms with E-state index in [-0.39, 0.29) is 22.6 Å². The van der Waals surface area contributed by atoms with E-state index in [1.54, 1.807) is 0 Å². The first-order valence-corrected chi connectivity index (χ1v) is 9.79. The molecule has 3 rings (SSSR count). The molecular formula is C21H15F9N4O2. The van der Waals surface area contributed by atoms with Gasteiger partial charge in [-0.05, 0) is 29.8 Å². The molecule has 0 bridgehead atoms. The number of carbonyl (C=O) groups excluding carboxylic acids is 1. The lowest BCUT2D eigenvalue weighted by atomic mass is 10.1. The molecule has 0 saturated carbocycles. The summed E-state index contributed by atoms with van der Waals surface area (Å²) in [5.74, 6) is -20.8. The standard InChI is InChI=1S/C21H15F9N4O2/c22-14-7-2-1-6-13(14)17-32-16(15(31)35)33-34(17)12-5-3-4-11(8-12)9-36-10-19(25,26)21(29,30)20(27,28)18(23)24/h1-8,18H,9-10H2,(H2,31,35). The summed E-state index contributed by atoms with van der Waals surface area (Å²) in [6.45, 7) is -3.14. The van der Waals surface area contributed by atoms with Gasteiger partial charge in [-0.3, -0.25) is 4.79 Å². The van der Waals surface area contributed by atoms with Crippen molar-refractivity contribution in [3.05, 3.63) is 65.7 Å². The Balaban J connectivity index is 1.85. The molecule has 194 valence electrons. The van der Waals surface area contributed by atoms with Gasteiger partial charge in [0.15, 0.2) is 5.82 Å². The third-order valence-electron chi connectivity index (χ3n) is 4.80. The van der Waals surface area contributed by atoms with Crippen LogP contribution in [0.4, 0.5) is 39.5 Å². The maximum absolute atomic E-state index is 14.3. The van der Waals surface area contributed by atoms with E-state index < -0.39 is 55.0 Å². The lowest BCUT2D eigenvalue weighted by Crippen LogP contribution is -2.59. The van der Waals surface area contributed by atoms with Gasteiger partial charge in [-0.25, -0.2) is 22.8 Å². The zero-order valence-electron chi connectivity index (χ0n) is 17.7. The summed E-state index contributed by atoms with van der Waals surface area (Å²) in [5, 5.41) is 3.88. The van der Waals surface area contributed by atoms with Crippen LogP contribution in [0, 0.1) is 5.82 Å². The molecule has 1 aromatic heterocycles. The Morgan fingerprint density at radius 3 is 2.31 bits per heavy atom. The van der Waals surface area contributed by atoms with E-state index in [1.165, 1.54) is 42.5 Å². The second-order valence-corrected chi connectivity index (χ2v) is 7.38. The van der Waals surface area contributed by atoms with Gasteiger partial charge < -0.3 is 10.5 Å². The molecule has 0 aliphatic carbocycles. The van der Waals surface area contributed by atoms with Crippen molar-refractivity contribution >= 4 is 5.91 Å². The number of nitrogens with zero attached hydrogens (tertiary/aromatic N) is 3. The number of hydrogen-bond acceptors (Lipinski definition) is 4. The fraction of sp³-hybridized carbons (Fsp3) is 0.286. The van der Waals surface area contributed by atoms with Crippen LogP contribution in [-0.4, -0.2) is 51.5 Å². The zero-order valence-corrected chi connectivity index (χ0v) is 17.7. The SMILES string of the molecule is NC(=O)c1nc(-c2ccccc2F)n(-c2cccc(COCC(F)(F)C(F)(F)C(F)(F)C(F)F)c2)n1. The molecule has 0 atom stereocenters. The zero-order chi connectivity index (χ0) is 26.9. The summed E-state index contributed by atoms with van der Waals surface area (Å²) in [6, 6.07) is 10.5. The normalized spacial score (nSPS) is 12.8. The van der Waals surface area contributed by atoms with Crippen molar-refractivity contribution in [2.45, 2.75) is 30.8 Å². The number of amides is 1. The predicted octanol–water partition coefficient (Wildman–Crippen LogP) is 4.86. The van der Waals surface area contributed by atoms with Crippen LogP contribution in [0.5, 0.6) is 0 Å². The number of aromatic nitrogens is 3. The molecule has 36 heavy (non-hydrogen) atoms. The topological polar surface area (TPSA) is 83.0 Å². The molecule has 0 saturated heterocycles. The van der Waals surface area contributed by atoms with Crippen LogP contribution in [0.3, 0.4) is 0 Å². The van der Waals surface area contributed by atoms with Crippen molar-refractivity contribution in [2.24, 2.45) is 5.73 Å². The van der Waals surface area contributed by atoms with E-state index in [4.69, 9.17) is 5.73 Å². The van der Waals surface area contributed by atoms with Gasteiger partial charge in [0.1, 0.15) is 12.4 Å². The van der Waals surface area contributed by atoms with Gasteiger partial charge in [0.2, 0.25) is 5.82 Å². The summed E-state index contributed by atoms with van der Waals surface area (Å²) in [5.41, 5.74) is 5.20. The fourth-order valence-electron chi connectivity index (χ4n) is 2.96. The molecule has 0 fully saturated rings. The molecule has 2 N–H and O–H groups in total. The molecule has 0 aliphatic heterocycles. The van der Waals surface area contributed by atoms with Crippen LogP contribution in [0.1, 0.15) is 16.2 Å². The highest BCUT2D eigenvalue weighted by Gasteiger charge is 2.75. The van der Waals surface area contributed by atoms with E-state index in [2.05, 4.69) is 14.8 Å². The van der Waals surface area contributed by atoms with Crippen molar-refractivity contribution in [1.29, 1.82) is 0 Å². The average molecular weight is 526 g/mol. The largest absolute Gasteiger partial charge is 0.380 e. The van der Waals surface area contributed by atoms with E-state index in [1.807, 2.05) is 0 Å². The van der Waals surface area contributed by atoms with Crippen LogP contribution in [0.25, 0.3) is 17.1 Å². The van der Waals surface area contributed by atoms with Crippen LogP contribution >= 0.6 is 0 Å². The maximum Gasteiger partial charge on any atom is 0.380 e. The molecule has 15 heteroatoms. The smallest absolute Gasteiger partial charge is 0.370 e. The first-order chi connectivity index (χ1) is 16.7. The second kappa shape index (κ2) is 9.79. The maximum atomic E-state index is 14.3. The highest BCUT2D eigenvalue weighted by Crippen LogP contribution is 2.48. The van der Waals surface area contributed by atoms with Crippen molar-refractivity contribution in [3.63, 3.8) is 0 Å². The van der Waals surface area contributed by atoms with Gasteiger partial charge in [-0.1, -0.05) is 24.3 Å². The Kier molecular flexibility index (Phi) is 7.34. The molecule has 0 aliphatic rings. The van der Waals surface area contributed by atoms with Crippen molar-refractivity contribution in [1.82, 2.24) is 14.8 Å². The van der Waals surface area contributed by atoms with Crippen LogP contribution in [0.15, 0.2) is 48.5 Å². The van der Waals surface area contributed by atoms with Crippen molar-refractivity contribution in [3.8, 4) is 17.1 Å². The number of carbonyl (C=O) groups is 1. The Morgan fingerprint density at radius 1 is 1.03 bits per heavy atom. The van der Waals surface area contributed by atoms with E-state index in [0.29, 0.717) is 0 Å². The van der Waals surface area contributed by atoms with E-state index in [0.717, 1.165) is 10.7 Å². The Morgan fingerprint density at radius 2 is 1.69 bits per heavy atom. The van der Waals surface area contributed by atoms with E-state index in [9.17, 15) is 44.3 Å². The molecular weight excluding hydrogens is 511 g/mol. The number of alkyl halides is 8. The molecule has 2 aromatic carbocycles. The summed E-state index contributed by atoms with van der Waals surface area (Å²) in [4.78, 5) is 15.4. The number of benzene rings is 2. The Hall–Kier alpha value is -3.62. The van der Waals surface area contributed by atoms with Crippen LogP contribution in [0.2, 0.25) is 0 Å². The Bertz CT molecular complexity index is 1250. The molecule has 0 unspecified atom stereocenters. The van der Waals surface area contributed by atoms with Gasteiger partial charge in [0.25, 0.3) is 5.91 Å². The molecule has 6 nitrogen and oxygen atoms in total. The van der Waals surface area contributed by atoms with Crippen LogP contribution < -0.4 is 5.73 Å². The lowest BCUT2D eigenvalue weighted by Gasteiger charge is -2.32. The number of halogens is 9. The average Bonchev–Trinajstić information content (AvgIpc) is 3.25. The second-order valence-electron chi connectivity index (χ2n) is 7.38. The minimum atomic E-state index is -6.39. The summed E-state index contributed by atoms with van der Waals surface area (Å²) in [7, 11) is 0. The molecule has 1 amide bonds. The third-order valence-corrected chi connectivity index (χ3v) is 4.80. The number of nitrogens with two attached hydrogens (primary N) is 1. The molecule has 0 radical (unpaired) electrons. The highest BCUT2D eigenvalue weighted by atomic mass is 19.4. The van der Waals surface area contributed by atoms with Gasteiger partial charge in [-0.2, -0.15) is 26.3 Å². The summed E-state index contributed by atoms with van der Waals surface area (Å²) >= 11 is 0. The van der Waals surface area contributed by atoms with Crippen molar-refractivity contribution in [2.75, 3.05) is 6.61 Å². The first kappa shape index (κ1) is 27.0. The fourth-order valence-corrected chi connectivity index (χ4v) is 2.96. The monoisotopic (exact) mass is 526 g/mol. The molecule has 3 aromatic rings. The number of ether oxygens (including phenoxy) is 1. The predicted molar refractivity (Wildman–Crippen MR) is 106 cm³/mol. The minimum Gasteiger partial charge on any atom is -0.370 e. The Labute approximate surface area is 196 Å². The van der Waals surface area contributed by atoms with Crippen LogP contribution in [-0.2, 0) is 11.3 Å². The number of rotatable bonds is 10. The van der Waals surface area contributed by atoms with Gasteiger partial charge in [-0.15, -0.1) is 5.10 Å². The lowest BCUT2D eigenvalue weighted by molar-refractivity contribution is -0.346. The molecule has 1 heterocycles. The summed E-state index contributed by atoms with van der Waals surface area (Å²) < 4.78 is 124. The van der Waals surface area contributed by atoms with Gasteiger partial charge in [0, 0.05) is 0 Å². The minimum absolute atomic E-state index is 0.0165. The summed E-state index contributed by atoms with van der Waals surface area (Å²) in [6.07, 6.45) is -5.04. The first-order valence-electron chi connectivity index (χ1n) is 9.79.